The van der Waals surface area contributed by atoms with Gasteiger partial charge in [0.15, 0.2) is 5.69 Å². The van der Waals surface area contributed by atoms with Crippen LogP contribution in [0.3, 0.4) is 0 Å². The molecule has 1 unspecified atom stereocenters. The summed E-state index contributed by atoms with van der Waals surface area (Å²) in [5.74, 6) is 0.0415. The molecule has 0 bridgehead atoms. The zero-order valence-corrected chi connectivity index (χ0v) is 27.2. The Labute approximate surface area is 265 Å². The normalized spacial score (nSPS) is 14.4. The van der Waals surface area contributed by atoms with Crippen LogP contribution < -0.4 is 20.7 Å². The SMILES string of the molecule is C=CN1C=C(c2c(F)ccc(NN(O)c3cc(Cl)cnc3OC)c2Cl)C=C/C1=C(/CCC)C(=C)N/C=C\C(C)CC.CC. The van der Waals surface area contributed by atoms with E-state index in [-0.39, 0.29) is 32.9 Å². The van der Waals surface area contributed by atoms with Gasteiger partial charge in [-0.25, -0.2) is 9.37 Å². The Morgan fingerprint density at radius 1 is 1.26 bits per heavy atom. The van der Waals surface area contributed by atoms with E-state index in [1.54, 1.807) is 18.5 Å². The maximum atomic E-state index is 15.2. The van der Waals surface area contributed by atoms with Gasteiger partial charge in [-0.3, -0.25) is 10.6 Å². The van der Waals surface area contributed by atoms with Crippen molar-refractivity contribution in [3.8, 4) is 5.88 Å². The molecule has 1 aliphatic rings. The van der Waals surface area contributed by atoms with Crippen molar-refractivity contribution in [2.75, 3.05) is 17.7 Å². The second kappa shape index (κ2) is 17.4. The fraction of sp³-hybridized carbons (Fsp3) is 0.303. The summed E-state index contributed by atoms with van der Waals surface area (Å²) < 4.78 is 20.4. The molecule has 0 spiro atoms. The number of hydrazine groups is 1. The highest BCUT2D eigenvalue weighted by molar-refractivity contribution is 6.35. The lowest BCUT2D eigenvalue weighted by atomic mass is 9.98. The lowest BCUT2D eigenvalue weighted by Crippen LogP contribution is -2.26. The van der Waals surface area contributed by atoms with Crippen LogP contribution in [0.5, 0.6) is 5.88 Å². The summed E-state index contributed by atoms with van der Waals surface area (Å²) in [5, 5.41) is 15.0. The van der Waals surface area contributed by atoms with Gasteiger partial charge in [-0.2, -0.15) is 5.17 Å². The molecular formula is C33H42Cl2FN5O2. The Kier molecular flexibility index (Phi) is 14.4. The third kappa shape index (κ3) is 9.13. The average Bonchev–Trinajstić information content (AvgIpc) is 3.02. The van der Waals surface area contributed by atoms with Gasteiger partial charge in [0.1, 0.15) is 5.82 Å². The van der Waals surface area contributed by atoms with Crippen molar-refractivity contribution < 1.29 is 14.3 Å². The third-order valence-electron chi connectivity index (χ3n) is 6.50. The molecule has 0 saturated carbocycles. The van der Waals surface area contributed by atoms with E-state index in [4.69, 9.17) is 27.9 Å². The molecule has 1 aromatic carbocycles. The fourth-order valence-corrected chi connectivity index (χ4v) is 4.55. The summed E-state index contributed by atoms with van der Waals surface area (Å²) in [6.45, 7) is 18.6. The molecule has 0 amide bonds. The van der Waals surface area contributed by atoms with Gasteiger partial charge in [0, 0.05) is 35.4 Å². The quantitative estimate of drug-likeness (QED) is 0.190. The number of anilines is 2. The van der Waals surface area contributed by atoms with Gasteiger partial charge >= 0.3 is 0 Å². The summed E-state index contributed by atoms with van der Waals surface area (Å²) in [6, 6.07) is 4.14. The lowest BCUT2D eigenvalue weighted by Gasteiger charge is -2.27. The van der Waals surface area contributed by atoms with E-state index in [9.17, 15) is 5.21 Å². The van der Waals surface area contributed by atoms with Crippen LogP contribution in [0.1, 0.15) is 59.4 Å². The Hall–Kier alpha value is -3.72. The molecule has 10 heteroatoms. The molecule has 0 saturated heterocycles. The number of allylic oxidation sites excluding steroid dienone is 5. The number of hydrogen-bond acceptors (Lipinski definition) is 7. The molecule has 3 N–H and O–H groups in total. The summed E-state index contributed by atoms with van der Waals surface area (Å²) >= 11 is 12.7. The van der Waals surface area contributed by atoms with Crippen LogP contribution in [0.2, 0.25) is 10.0 Å². The fourth-order valence-electron chi connectivity index (χ4n) is 4.10. The molecule has 0 aliphatic carbocycles. The van der Waals surface area contributed by atoms with Gasteiger partial charge < -0.3 is 15.0 Å². The number of nitrogens with zero attached hydrogens (tertiary/aromatic N) is 3. The maximum Gasteiger partial charge on any atom is 0.242 e. The number of ether oxygens (including phenoxy) is 1. The van der Waals surface area contributed by atoms with E-state index in [2.05, 4.69) is 55.7 Å². The first-order chi connectivity index (χ1) is 20.6. The number of rotatable bonds is 13. The van der Waals surface area contributed by atoms with Crippen molar-refractivity contribution in [1.82, 2.24) is 15.2 Å². The number of methoxy groups -OCH3 is 1. The number of hydrogen-bond donors (Lipinski definition) is 3. The molecule has 7 nitrogen and oxygen atoms in total. The second-order valence-electron chi connectivity index (χ2n) is 9.38. The highest BCUT2D eigenvalue weighted by atomic mass is 35.5. The van der Waals surface area contributed by atoms with E-state index < -0.39 is 5.82 Å². The summed E-state index contributed by atoms with van der Waals surface area (Å²) in [7, 11) is 1.41. The Balaban J connectivity index is 0.00000316. The summed E-state index contributed by atoms with van der Waals surface area (Å²) in [6.07, 6.45) is 15.2. The lowest BCUT2D eigenvalue weighted by molar-refractivity contribution is 0.270. The van der Waals surface area contributed by atoms with E-state index in [0.29, 0.717) is 16.7 Å². The zero-order chi connectivity index (χ0) is 32.1. The highest BCUT2D eigenvalue weighted by Crippen LogP contribution is 2.38. The first kappa shape index (κ1) is 35.5. The van der Waals surface area contributed by atoms with Crippen molar-refractivity contribution in [2.45, 2.75) is 53.9 Å². The van der Waals surface area contributed by atoms with Crippen molar-refractivity contribution in [3.05, 3.63) is 113 Å². The molecule has 0 fully saturated rings. The monoisotopic (exact) mass is 629 g/mol. The van der Waals surface area contributed by atoms with E-state index >= 15 is 4.39 Å². The Bertz CT molecular complexity index is 1400. The number of aromatic nitrogens is 1. The van der Waals surface area contributed by atoms with Gasteiger partial charge in [-0.1, -0.05) is 96.0 Å². The minimum atomic E-state index is -0.533. The van der Waals surface area contributed by atoms with Crippen molar-refractivity contribution >= 4 is 40.1 Å². The molecule has 232 valence electrons. The van der Waals surface area contributed by atoms with Crippen LogP contribution in [0.4, 0.5) is 15.8 Å². The van der Waals surface area contributed by atoms with Crippen LogP contribution in [0.25, 0.3) is 5.57 Å². The molecule has 0 radical (unpaired) electrons. The predicted octanol–water partition coefficient (Wildman–Crippen LogP) is 9.86. The van der Waals surface area contributed by atoms with Gasteiger partial charge in [0.05, 0.1) is 28.5 Å². The molecule has 1 atom stereocenters. The number of nitrogens with one attached hydrogen (secondary N) is 2. The number of halogens is 3. The number of pyridine rings is 1. The highest BCUT2D eigenvalue weighted by Gasteiger charge is 2.22. The van der Waals surface area contributed by atoms with Crippen LogP contribution in [0, 0.1) is 11.7 Å². The van der Waals surface area contributed by atoms with Gasteiger partial charge in [0.25, 0.3) is 0 Å². The molecule has 3 rings (SSSR count). The number of benzene rings is 1. The predicted molar refractivity (Wildman–Crippen MR) is 178 cm³/mol. The standard InChI is InChI=1S/C31H36Cl2FN5O2.C2H6/c1-7-10-24(21(5)35-16-15-20(4)8-2)27-14-11-22(19-38(27)9-3)29-25(34)12-13-26(30(29)33)37-39(40)28-17-23(32)18-36-31(28)41-6;1-2/h9,11-20,35,37,40H,3,5,7-8,10H2,1-2,4,6H3;1-2H3/b16-15-,27-24+;. The maximum absolute atomic E-state index is 15.2. The smallest absolute Gasteiger partial charge is 0.242 e. The topological polar surface area (TPSA) is 72.9 Å². The van der Waals surface area contributed by atoms with E-state index in [0.717, 1.165) is 36.2 Å². The largest absolute Gasteiger partial charge is 0.479 e. The van der Waals surface area contributed by atoms with Crippen molar-refractivity contribution in [1.29, 1.82) is 0 Å². The first-order valence-electron chi connectivity index (χ1n) is 14.2. The molecule has 43 heavy (non-hydrogen) atoms. The van der Waals surface area contributed by atoms with Crippen LogP contribution >= 0.6 is 23.2 Å². The molecule has 1 aliphatic heterocycles. The van der Waals surface area contributed by atoms with Crippen molar-refractivity contribution in [3.63, 3.8) is 0 Å². The third-order valence-corrected chi connectivity index (χ3v) is 7.10. The summed E-state index contributed by atoms with van der Waals surface area (Å²) in [5.41, 5.74) is 6.44. The second-order valence-corrected chi connectivity index (χ2v) is 10.2. The van der Waals surface area contributed by atoms with E-state index in [1.165, 1.54) is 31.5 Å². The minimum Gasteiger partial charge on any atom is -0.479 e. The molecule has 1 aromatic heterocycles. The van der Waals surface area contributed by atoms with Gasteiger partial charge in [-0.15, -0.1) is 0 Å². The first-order valence-corrected chi connectivity index (χ1v) is 15.0. The minimum absolute atomic E-state index is 0.0559. The van der Waals surface area contributed by atoms with E-state index in [1.807, 2.05) is 31.0 Å². The Morgan fingerprint density at radius 3 is 2.60 bits per heavy atom. The average molecular weight is 631 g/mol. The molecule has 2 aromatic rings. The van der Waals surface area contributed by atoms with Gasteiger partial charge in [0.2, 0.25) is 5.88 Å². The van der Waals surface area contributed by atoms with Gasteiger partial charge in [-0.05, 0) is 48.4 Å². The molecular weight excluding hydrogens is 588 g/mol. The molecule has 2 heterocycles. The van der Waals surface area contributed by atoms with Crippen LogP contribution in [-0.2, 0) is 0 Å². The van der Waals surface area contributed by atoms with Crippen LogP contribution in [-0.4, -0.2) is 22.2 Å². The van der Waals surface area contributed by atoms with Crippen LogP contribution in [0.15, 0.2) is 91.3 Å². The van der Waals surface area contributed by atoms with Crippen molar-refractivity contribution in [2.24, 2.45) is 5.92 Å². The summed E-state index contributed by atoms with van der Waals surface area (Å²) in [4.78, 5) is 5.86. The zero-order valence-electron chi connectivity index (χ0n) is 25.7. The Morgan fingerprint density at radius 2 is 1.98 bits per heavy atom.